The van der Waals surface area contributed by atoms with Crippen LogP contribution < -0.4 is 0 Å². The van der Waals surface area contributed by atoms with Gasteiger partial charge in [0.25, 0.3) is 0 Å². The second-order valence-electron chi connectivity index (χ2n) is 3.79. The average molecular weight is 208 g/mol. The number of pyridine rings is 1. The van der Waals surface area contributed by atoms with Crippen molar-refractivity contribution in [3.05, 3.63) is 53.2 Å². The molecule has 0 saturated heterocycles. The summed E-state index contributed by atoms with van der Waals surface area (Å²) in [5.41, 5.74) is 4.78. The standard InChI is InChI=1S/C14H12N2/c1-10-6-7-14(16-11(10)2)13-5-3-4-12(8-13)9-15/h3-8H,1-2H3. The second kappa shape index (κ2) is 4.16. The average Bonchev–Trinajstić information content (AvgIpc) is 2.33. The van der Waals surface area contributed by atoms with Gasteiger partial charge in [-0.3, -0.25) is 4.98 Å². The highest BCUT2D eigenvalue weighted by molar-refractivity contribution is 5.61. The van der Waals surface area contributed by atoms with E-state index >= 15 is 0 Å². The lowest BCUT2D eigenvalue weighted by atomic mass is 10.1. The van der Waals surface area contributed by atoms with Crippen molar-refractivity contribution >= 4 is 0 Å². The Morgan fingerprint density at radius 3 is 2.62 bits per heavy atom. The number of benzene rings is 1. The van der Waals surface area contributed by atoms with E-state index in [-0.39, 0.29) is 0 Å². The van der Waals surface area contributed by atoms with E-state index in [4.69, 9.17) is 5.26 Å². The number of aryl methyl sites for hydroxylation is 2. The van der Waals surface area contributed by atoms with Crippen LogP contribution in [0, 0.1) is 25.2 Å². The third kappa shape index (κ3) is 1.94. The molecule has 16 heavy (non-hydrogen) atoms. The van der Waals surface area contributed by atoms with Gasteiger partial charge in [-0.05, 0) is 37.6 Å². The van der Waals surface area contributed by atoms with E-state index in [1.54, 1.807) is 6.07 Å². The molecule has 1 aromatic carbocycles. The van der Waals surface area contributed by atoms with E-state index in [2.05, 4.69) is 17.1 Å². The normalized spacial score (nSPS) is 9.81. The summed E-state index contributed by atoms with van der Waals surface area (Å²) in [5, 5.41) is 8.84. The van der Waals surface area contributed by atoms with Gasteiger partial charge < -0.3 is 0 Å². The molecule has 0 atom stereocenters. The molecule has 0 aliphatic heterocycles. The monoisotopic (exact) mass is 208 g/mol. The fourth-order valence-corrected chi connectivity index (χ4v) is 1.54. The van der Waals surface area contributed by atoms with Crippen molar-refractivity contribution in [3.8, 4) is 17.3 Å². The van der Waals surface area contributed by atoms with E-state index in [0.29, 0.717) is 5.56 Å². The predicted octanol–water partition coefficient (Wildman–Crippen LogP) is 3.24. The minimum absolute atomic E-state index is 0.664. The van der Waals surface area contributed by atoms with Crippen LogP contribution in [0.5, 0.6) is 0 Å². The quantitative estimate of drug-likeness (QED) is 0.721. The largest absolute Gasteiger partial charge is 0.253 e. The number of hydrogen-bond acceptors (Lipinski definition) is 2. The summed E-state index contributed by atoms with van der Waals surface area (Å²) in [6.45, 7) is 4.03. The predicted molar refractivity (Wildman–Crippen MR) is 63.9 cm³/mol. The van der Waals surface area contributed by atoms with E-state index in [0.717, 1.165) is 17.0 Å². The molecule has 0 N–H and O–H groups in total. The van der Waals surface area contributed by atoms with Crippen LogP contribution in [0.3, 0.4) is 0 Å². The molecule has 0 bridgehead atoms. The maximum atomic E-state index is 8.84. The van der Waals surface area contributed by atoms with Gasteiger partial charge in [0.05, 0.1) is 17.3 Å². The van der Waals surface area contributed by atoms with Crippen molar-refractivity contribution in [2.24, 2.45) is 0 Å². The highest BCUT2D eigenvalue weighted by Crippen LogP contribution is 2.19. The van der Waals surface area contributed by atoms with Gasteiger partial charge in [-0.25, -0.2) is 0 Å². The molecule has 1 heterocycles. The highest BCUT2D eigenvalue weighted by atomic mass is 14.7. The summed E-state index contributed by atoms with van der Waals surface area (Å²) < 4.78 is 0. The zero-order valence-electron chi connectivity index (χ0n) is 9.36. The minimum Gasteiger partial charge on any atom is -0.253 e. The summed E-state index contributed by atoms with van der Waals surface area (Å²) in [4.78, 5) is 4.51. The van der Waals surface area contributed by atoms with E-state index in [9.17, 15) is 0 Å². The SMILES string of the molecule is Cc1ccc(-c2cccc(C#N)c2)nc1C. The maximum Gasteiger partial charge on any atom is 0.0991 e. The molecule has 0 spiro atoms. The fraction of sp³-hybridized carbons (Fsp3) is 0.143. The Balaban J connectivity index is 2.51. The Morgan fingerprint density at radius 2 is 1.94 bits per heavy atom. The van der Waals surface area contributed by atoms with Crippen molar-refractivity contribution in [2.45, 2.75) is 13.8 Å². The summed E-state index contributed by atoms with van der Waals surface area (Å²) in [7, 11) is 0. The smallest absolute Gasteiger partial charge is 0.0991 e. The Kier molecular flexibility index (Phi) is 2.70. The molecule has 0 amide bonds. The molecule has 0 radical (unpaired) electrons. The summed E-state index contributed by atoms with van der Waals surface area (Å²) in [6, 6.07) is 13.7. The van der Waals surface area contributed by atoms with Gasteiger partial charge in [-0.1, -0.05) is 18.2 Å². The molecule has 2 nitrogen and oxygen atoms in total. The number of nitrogens with zero attached hydrogens (tertiary/aromatic N) is 2. The molecular weight excluding hydrogens is 196 g/mol. The molecule has 0 fully saturated rings. The number of aromatic nitrogens is 1. The Morgan fingerprint density at radius 1 is 1.12 bits per heavy atom. The Labute approximate surface area is 95.2 Å². The lowest BCUT2D eigenvalue weighted by Crippen LogP contribution is -1.90. The first-order valence-electron chi connectivity index (χ1n) is 5.15. The topological polar surface area (TPSA) is 36.7 Å². The Hall–Kier alpha value is -2.14. The summed E-state index contributed by atoms with van der Waals surface area (Å²) in [6.07, 6.45) is 0. The molecule has 0 aliphatic rings. The van der Waals surface area contributed by atoms with Gasteiger partial charge >= 0.3 is 0 Å². The minimum atomic E-state index is 0.664. The molecule has 78 valence electrons. The lowest BCUT2D eigenvalue weighted by molar-refractivity contribution is 1.15. The van der Waals surface area contributed by atoms with E-state index < -0.39 is 0 Å². The van der Waals surface area contributed by atoms with Gasteiger partial charge in [-0.2, -0.15) is 5.26 Å². The zero-order chi connectivity index (χ0) is 11.5. The van der Waals surface area contributed by atoms with Crippen LogP contribution in [0.15, 0.2) is 36.4 Å². The van der Waals surface area contributed by atoms with Crippen molar-refractivity contribution in [1.82, 2.24) is 4.98 Å². The lowest BCUT2D eigenvalue weighted by Gasteiger charge is -2.04. The molecule has 2 heteroatoms. The maximum absolute atomic E-state index is 8.84. The van der Waals surface area contributed by atoms with Crippen LogP contribution in [-0.2, 0) is 0 Å². The number of rotatable bonds is 1. The van der Waals surface area contributed by atoms with Crippen LogP contribution in [-0.4, -0.2) is 4.98 Å². The molecule has 0 unspecified atom stereocenters. The van der Waals surface area contributed by atoms with Crippen molar-refractivity contribution in [1.29, 1.82) is 5.26 Å². The van der Waals surface area contributed by atoms with Crippen LogP contribution >= 0.6 is 0 Å². The third-order valence-electron chi connectivity index (χ3n) is 2.64. The summed E-state index contributed by atoms with van der Waals surface area (Å²) in [5.74, 6) is 0. The second-order valence-corrected chi connectivity index (χ2v) is 3.79. The first-order chi connectivity index (χ1) is 7.70. The van der Waals surface area contributed by atoms with Crippen molar-refractivity contribution in [3.63, 3.8) is 0 Å². The fourth-order valence-electron chi connectivity index (χ4n) is 1.54. The van der Waals surface area contributed by atoms with Gasteiger partial charge in [0.2, 0.25) is 0 Å². The van der Waals surface area contributed by atoms with Gasteiger partial charge in [0, 0.05) is 11.3 Å². The van der Waals surface area contributed by atoms with Crippen LogP contribution in [0.25, 0.3) is 11.3 Å². The van der Waals surface area contributed by atoms with Crippen molar-refractivity contribution < 1.29 is 0 Å². The first-order valence-corrected chi connectivity index (χ1v) is 5.15. The molecule has 2 rings (SSSR count). The molecule has 2 aromatic rings. The summed E-state index contributed by atoms with van der Waals surface area (Å²) >= 11 is 0. The molecule has 1 aromatic heterocycles. The van der Waals surface area contributed by atoms with Crippen LogP contribution in [0.2, 0.25) is 0 Å². The number of nitriles is 1. The van der Waals surface area contributed by atoms with Crippen molar-refractivity contribution in [2.75, 3.05) is 0 Å². The Bertz CT molecular complexity index is 565. The molecule has 0 aliphatic carbocycles. The van der Waals surface area contributed by atoms with Crippen LogP contribution in [0.4, 0.5) is 0 Å². The zero-order valence-corrected chi connectivity index (χ0v) is 9.36. The van der Waals surface area contributed by atoms with Gasteiger partial charge in [0.15, 0.2) is 0 Å². The molecule has 0 saturated carbocycles. The van der Waals surface area contributed by atoms with E-state index in [1.807, 2.05) is 38.1 Å². The third-order valence-corrected chi connectivity index (χ3v) is 2.64. The molecular formula is C14H12N2. The van der Waals surface area contributed by atoms with E-state index in [1.165, 1.54) is 5.56 Å². The first kappa shape index (κ1) is 10.4. The highest BCUT2D eigenvalue weighted by Gasteiger charge is 2.02. The van der Waals surface area contributed by atoms with Crippen LogP contribution in [0.1, 0.15) is 16.8 Å². The van der Waals surface area contributed by atoms with Gasteiger partial charge in [-0.15, -0.1) is 0 Å². The number of hydrogen-bond donors (Lipinski definition) is 0. The van der Waals surface area contributed by atoms with Gasteiger partial charge in [0.1, 0.15) is 0 Å².